The lowest BCUT2D eigenvalue weighted by atomic mass is 10.1. The number of fused-ring (bicyclic) bond motifs is 1. The third-order valence-electron chi connectivity index (χ3n) is 2.48. The summed E-state index contributed by atoms with van der Waals surface area (Å²) < 4.78 is 5.35. The van der Waals surface area contributed by atoms with Crippen molar-refractivity contribution in [3.63, 3.8) is 0 Å². The van der Waals surface area contributed by atoms with Crippen molar-refractivity contribution in [2.75, 3.05) is 18.1 Å². The molecular formula is C11H17N3OS. The molecule has 0 atom stereocenters. The summed E-state index contributed by atoms with van der Waals surface area (Å²) in [6.45, 7) is 3.47. The Labute approximate surface area is 100.0 Å². The number of aromatic nitrogens is 2. The Morgan fingerprint density at radius 3 is 3.12 bits per heavy atom. The van der Waals surface area contributed by atoms with Crippen LogP contribution in [0.3, 0.4) is 0 Å². The van der Waals surface area contributed by atoms with Crippen molar-refractivity contribution in [2.24, 2.45) is 0 Å². The zero-order valence-electron chi connectivity index (χ0n) is 9.53. The van der Waals surface area contributed by atoms with Crippen LogP contribution in [-0.2, 0) is 23.5 Å². The number of ether oxygens (including phenoxy) is 1. The highest BCUT2D eigenvalue weighted by Gasteiger charge is 2.16. The van der Waals surface area contributed by atoms with Crippen molar-refractivity contribution < 1.29 is 4.74 Å². The van der Waals surface area contributed by atoms with E-state index in [0.29, 0.717) is 12.4 Å². The predicted molar refractivity (Wildman–Crippen MR) is 66.3 cm³/mol. The molecule has 1 aromatic heterocycles. The first-order valence-corrected chi connectivity index (χ1v) is 6.76. The Kier molecular flexibility index (Phi) is 4.01. The highest BCUT2D eigenvalue weighted by Crippen LogP contribution is 2.21. The van der Waals surface area contributed by atoms with Crippen molar-refractivity contribution in [1.29, 1.82) is 0 Å². The first-order chi connectivity index (χ1) is 7.81. The average molecular weight is 239 g/mol. The number of hydrogen-bond donors (Lipinski definition) is 1. The summed E-state index contributed by atoms with van der Waals surface area (Å²) in [5.74, 6) is 3.45. The van der Waals surface area contributed by atoms with Gasteiger partial charge in [0.15, 0.2) is 0 Å². The maximum atomic E-state index is 5.91. The summed E-state index contributed by atoms with van der Waals surface area (Å²) in [6, 6.07) is 0. The molecule has 1 aromatic rings. The Hall–Kier alpha value is -0.810. The Morgan fingerprint density at radius 2 is 2.31 bits per heavy atom. The van der Waals surface area contributed by atoms with Crippen LogP contribution in [0.5, 0.6) is 0 Å². The molecule has 1 aliphatic heterocycles. The second kappa shape index (κ2) is 5.50. The van der Waals surface area contributed by atoms with Gasteiger partial charge in [-0.05, 0) is 12.2 Å². The van der Waals surface area contributed by atoms with Gasteiger partial charge in [0.1, 0.15) is 11.6 Å². The first-order valence-electron chi connectivity index (χ1n) is 5.61. The maximum absolute atomic E-state index is 5.91. The third-order valence-corrected chi connectivity index (χ3v) is 3.64. The van der Waals surface area contributed by atoms with Gasteiger partial charge in [0.25, 0.3) is 0 Å². The van der Waals surface area contributed by atoms with E-state index in [-0.39, 0.29) is 0 Å². The average Bonchev–Trinajstić information content (AvgIpc) is 2.30. The number of nitrogens with zero attached hydrogens (tertiary/aromatic N) is 2. The molecule has 0 saturated heterocycles. The molecule has 88 valence electrons. The van der Waals surface area contributed by atoms with Crippen molar-refractivity contribution in [3.05, 3.63) is 17.1 Å². The van der Waals surface area contributed by atoms with E-state index in [2.05, 4.69) is 16.9 Å². The molecule has 2 heterocycles. The largest absolute Gasteiger partial charge is 0.383 e. The van der Waals surface area contributed by atoms with Crippen molar-refractivity contribution in [2.45, 2.75) is 32.1 Å². The van der Waals surface area contributed by atoms with Gasteiger partial charge in [-0.3, -0.25) is 0 Å². The summed E-state index contributed by atoms with van der Waals surface area (Å²) >= 11 is 1.85. The van der Waals surface area contributed by atoms with E-state index in [9.17, 15) is 0 Å². The number of anilines is 1. The van der Waals surface area contributed by atoms with Gasteiger partial charge in [0.05, 0.1) is 24.7 Å². The second-order valence-corrected chi connectivity index (χ2v) is 4.91. The molecule has 0 saturated carbocycles. The van der Waals surface area contributed by atoms with Gasteiger partial charge in [-0.2, -0.15) is 11.8 Å². The molecule has 2 rings (SSSR count). The van der Waals surface area contributed by atoms with E-state index < -0.39 is 0 Å². The van der Waals surface area contributed by atoms with Crippen LogP contribution in [0.2, 0.25) is 0 Å². The molecule has 0 aromatic carbocycles. The number of thioether (sulfide) groups is 1. The second-order valence-electron chi connectivity index (χ2n) is 3.81. The Bertz CT molecular complexity index is 370. The minimum absolute atomic E-state index is 0.559. The monoisotopic (exact) mass is 239 g/mol. The zero-order chi connectivity index (χ0) is 11.4. The van der Waals surface area contributed by atoms with Gasteiger partial charge < -0.3 is 10.5 Å². The summed E-state index contributed by atoms with van der Waals surface area (Å²) in [6.07, 6.45) is 2.03. The molecule has 0 amide bonds. The molecule has 0 spiro atoms. The van der Waals surface area contributed by atoms with Gasteiger partial charge in [0.2, 0.25) is 0 Å². The Balaban J connectivity index is 2.12. The molecule has 5 heteroatoms. The quantitative estimate of drug-likeness (QED) is 0.811. The summed E-state index contributed by atoms with van der Waals surface area (Å²) in [7, 11) is 0. The predicted octanol–water partition coefficient (Wildman–Crippen LogP) is 1.77. The van der Waals surface area contributed by atoms with Crippen molar-refractivity contribution in [3.8, 4) is 0 Å². The smallest absolute Gasteiger partial charge is 0.140 e. The fourth-order valence-electron chi connectivity index (χ4n) is 1.68. The molecular weight excluding hydrogens is 222 g/mol. The van der Waals surface area contributed by atoms with E-state index in [4.69, 9.17) is 10.5 Å². The van der Waals surface area contributed by atoms with Crippen LogP contribution >= 0.6 is 11.8 Å². The van der Waals surface area contributed by atoms with E-state index in [1.807, 2.05) is 11.8 Å². The van der Waals surface area contributed by atoms with E-state index in [1.165, 1.54) is 6.42 Å². The van der Waals surface area contributed by atoms with Crippen molar-refractivity contribution >= 4 is 17.6 Å². The molecule has 0 radical (unpaired) electrons. The molecule has 0 bridgehead atoms. The van der Waals surface area contributed by atoms with Crippen LogP contribution in [-0.4, -0.2) is 22.3 Å². The van der Waals surface area contributed by atoms with E-state index in [1.54, 1.807) is 0 Å². The molecule has 2 N–H and O–H groups in total. The van der Waals surface area contributed by atoms with Gasteiger partial charge >= 0.3 is 0 Å². The van der Waals surface area contributed by atoms with Gasteiger partial charge in [-0.15, -0.1) is 0 Å². The van der Waals surface area contributed by atoms with Crippen LogP contribution in [0, 0.1) is 0 Å². The molecule has 0 unspecified atom stereocenters. The highest BCUT2D eigenvalue weighted by molar-refractivity contribution is 7.98. The molecule has 0 fully saturated rings. The Morgan fingerprint density at radius 1 is 1.44 bits per heavy atom. The fourth-order valence-corrected chi connectivity index (χ4v) is 2.43. The van der Waals surface area contributed by atoms with Gasteiger partial charge in [0, 0.05) is 12.0 Å². The summed E-state index contributed by atoms with van der Waals surface area (Å²) in [5, 5.41) is 0. The van der Waals surface area contributed by atoms with Crippen LogP contribution in [0.4, 0.5) is 5.82 Å². The summed E-state index contributed by atoms with van der Waals surface area (Å²) in [4.78, 5) is 8.88. The van der Waals surface area contributed by atoms with Gasteiger partial charge in [-0.1, -0.05) is 6.92 Å². The lowest BCUT2D eigenvalue weighted by Crippen LogP contribution is -2.16. The highest BCUT2D eigenvalue weighted by atomic mass is 32.2. The number of hydrogen-bond acceptors (Lipinski definition) is 5. The molecule has 0 aliphatic carbocycles. The minimum atomic E-state index is 0.559. The topological polar surface area (TPSA) is 61.0 Å². The van der Waals surface area contributed by atoms with Crippen LogP contribution in [0.15, 0.2) is 0 Å². The lowest BCUT2D eigenvalue weighted by molar-refractivity contribution is 0.109. The third kappa shape index (κ3) is 2.65. The SMILES string of the molecule is CCCSCc1nc(N)c2c(n1)CCOC2. The summed E-state index contributed by atoms with van der Waals surface area (Å²) in [5.41, 5.74) is 7.96. The number of rotatable bonds is 4. The maximum Gasteiger partial charge on any atom is 0.140 e. The fraction of sp³-hybridized carbons (Fsp3) is 0.636. The molecule has 16 heavy (non-hydrogen) atoms. The van der Waals surface area contributed by atoms with Gasteiger partial charge in [-0.25, -0.2) is 9.97 Å². The normalized spacial score (nSPS) is 14.8. The van der Waals surface area contributed by atoms with E-state index >= 15 is 0 Å². The van der Waals surface area contributed by atoms with Crippen molar-refractivity contribution in [1.82, 2.24) is 9.97 Å². The van der Waals surface area contributed by atoms with E-state index in [0.717, 1.165) is 41.6 Å². The van der Waals surface area contributed by atoms with Crippen LogP contribution in [0.1, 0.15) is 30.4 Å². The van der Waals surface area contributed by atoms with Crippen LogP contribution in [0.25, 0.3) is 0 Å². The van der Waals surface area contributed by atoms with Crippen LogP contribution < -0.4 is 5.73 Å². The molecule has 4 nitrogen and oxygen atoms in total. The first kappa shape index (κ1) is 11.7. The molecule has 1 aliphatic rings. The standard InChI is InChI=1S/C11H17N3OS/c1-2-5-16-7-10-13-9-3-4-15-6-8(9)11(12)14-10/h2-7H2,1H3,(H2,12,13,14). The minimum Gasteiger partial charge on any atom is -0.383 e. The lowest BCUT2D eigenvalue weighted by Gasteiger charge is -2.17. The zero-order valence-corrected chi connectivity index (χ0v) is 10.3. The number of nitrogen functional groups attached to an aromatic ring is 1. The number of nitrogens with two attached hydrogens (primary N) is 1.